The fraction of sp³-hybridized carbons (Fsp3) is 0.167. The molecule has 0 saturated carbocycles. The number of aryl methyl sites for hydroxylation is 1. The number of thiazole rings is 1. The predicted octanol–water partition coefficient (Wildman–Crippen LogP) is 4.80. The average molecular weight is 465 g/mol. The number of carbonyl (C=O) groups excluding carboxylic acids is 1. The molecule has 0 atom stereocenters. The minimum atomic E-state index is -0.492. The molecule has 4 aromatic rings. The number of nitrogens with zero attached hydrogens (tertiary/aromatic N) is 2. The number of aromatic amines is 1. The van der Waals surface area contributed by atoms with Crippen molar-refractivity contribution in [3.63, 3.8) is 0 Å². The SMILES string of the molecule is CCOC(=O)c1cc(-c2csc(-c3ccnc(NCc4ccc(F)cc4)c3)n2)c(=O)[nH]c1C. The van der Waals surface area contributed by atoms with E-state index >= 15 is 0 Å². The second kappa shape index (κ2) is 9.74. The molecule has 33 heavy (non-hydrogen) atoms. The molecule has 0 saturated heterocycles. The fourth-order valence-corrected chi connectivity index (χ4v) is 4.04. The highest BCUT2D eigenvalue weighted by molar-refractivity contribution is 7.13. The molecule has 9 heteroatoms. The second-order valence-electron chi connectivity index (χ2n) is 7.22. The van der Waals surface area contributed by atoms with Crippen molar-refractivity contribution in [3.05, 3.63) is 87.0 Å². The topological polar surface area (TPSA) is 97.0 Å². The summed E-state index contributed by atoms with van der Waals surface area (Å²) in [6, 6.07) is 11.5. The van der Waals surface area contributed by atoms with Gasteiger partial charge in [-0.1, -0.05) is 12.1 Å². The van der Waals surface area contributed by atoms with Crippen LogP contribution in [0.25, 0.3) is 21.8 Å². The molecule has 7 nitrogen and oxygen atoms in total. The maximum Gasteiger partial charge on any atom is 0.339 e. The van der Waals surface area contributed by atoms with Crippen LogP contribution in [0.1, 0.15) is 28.5 Å². The number of carbonyl (C=O) groups is 1. The number of ether oxygens (including phenoxy) is 1. The summed E-state index contributed by atoms with van der Waals surface area (Å²) in [5.74, 6) is -0.124. The minimum absolute atomic E-state index is 0.243. The smallest absolute Gasteiger partial charge is 0.339 e. The fourth-order valence-electron chi connectivity index (χ4n) is 3.22. The molecular weight excluding hydrogens is 443 g/mol. The molecule has 2 N–H and O–H groups in total. The van der Waals surface area contributed by atoms with Gasteiger partial charge >= 0.3 is 5.97 Å². The van der Waals surface area contributed by atoms with Gasteiger partial charge in [0.25, 0.3) is 5.56 Å². The van der Waals surface area contributed by atoms with Crippen molar-refractivity contribution < 1.29 is 13.9 Å². The molecule has 0 fully saturated rings. The molecular formula is C24H21FN4O3S. The number of hydrogen-bond acceptors (Lipinski definition) is 7. The average Bonchev–Trinajstić information content (AvgIpc) is 3.29. The monoisotopic (exact) mass is 464 g/mol. The molecule has 0 aliphatic heterocycles. The Kier molecular flexibility index (Phi) is 6.60. The number of halogens is 1. The number of esters is 1. The Morgan fingerprint density at radius 1 is 1.21 bits per heavy atom. The van der Waals surface area contributed by atoms with E-state index < -0.39 is 5.97 Å². The first-order valence-electron chi connectivity index (χ1n) is 10.3. The lowest BCUT2D eigenvalue weighted by atomic mass is 10.1. The van der Waals surface area contributed by atoms with Gasteiger partial charge in [0.15, 0.2) is 0 Å². The van der Waals surface area contributed by atoms with Crippen molar-refractivity contribution in [2.75, 3.05) is 11.9 Å². The van der Waals surface area contributed by atoms with Gasteiger partial charge < -0.3 is 15.0 Å². The molecule has 3 heterocycles. The highest BCUT2D eigenvalue weighted by Crippen LogP contribution is 2.29. The summed E-state index contributed by atoms with van der Waals surface area (Å²) in [6.45, 7) is 4.12. The van der Waals surface area contributed by atoms with Crippen molar-refractivity contribution in [1.82, 2.24) is 15.0 Å². The van der Waals surface area contributed by atoms with Crippen molar-refractivity contribution in [2.45, 2.75) is 20.4 Å². The van der Waals surface area contributed by atoms with Crippen LogP contribution < -0.4 is 10.9 Å². The van der Waals surface area contributed by atoms with E-state index in [9.17, 15) is 14.0 Å². The van der Waals surface area contributed by atoms with E-state index in [1.54, 1.807) is 37.6 Å². The number of pyridine rings is 2. The van der Waals surface area contributed by atoms with E-state index in [4.69, 9.17) is 4.74 Å². The van der Waals surface area contributed by atoms with Crippen LogP contribution in [0.3, 0.4) is 0 Å². The van der Waals surface area contributed by atoms with Gasteiger partial charge in [-0.05, 0) is 49.7 Å². The number of rotatable bonds is 7. The van der Waals surface area contributed by atoms with E-state index in [1.807, 2.05) is 12.1 Å². The van der Waals surface area contributed by atoms with Crippen LogP contribution in [-0.2, 0) is 11.3 Å². The standard InChI is InChI=1S/C24H21FN4O3S/c1-3-32-24(31)18-11-19(22(30)28-14(18)2)20-13-33-23(29-20)16-8-9-26-21(10-16)27-12-15-4-6-17(25)7-5-15/h4-11,13H,3,12H2,1-2H3,(H,26,27)(H,28,30). The third-order valence-corrected chi connectivity index (χ3v) is 5.80. The van der Waals surface area contributed by atoms with Crippen molar-refractivity contribution in [3.8, 4) is 21.8 Å². The lowest BCUT2D eigenvalue weighted by Gasteiger charge is -2.07. The predicted molar refractivity (Wildman–Crippen MR) is 126 cm³/mol. The van der Waals surface area contributed by atoms with Crippen molar-refractivity contribution in [1.29, 1.82) is 0 Å². The molecule has 0 spiro atoms. The first-order valence-corrected chi connectivity index (χ1v) is 11.1. The van der Waals surface area contributed by atoms with Gasteiger partial charge in [0, 0.05) is 29.4 Å². The lowest BCUT2D eigenvalue weighted by Crippen LogP contribution is -2.16. The molecule has 1 aromatic carbocycles. The third-order valence-electron chi connectivity index (χ3n) is 4.91. The largest absolute Gasteiger partial charge is 0.462 e. The highest BCUT2D eigenvalue weighted by atomic mass is 32.1. The Hall–Kier alpha value is -3.85. The summed E-state index contributed by atoms with van der Waals surface area (Å²) < 4.78 is 18.1. The second-order valence-corrected chi connectivity index (χ2v) is 8.08. The van der Waals surface area contributed by atoms with Crippen LogP contribution in [0, 0.1) is 12.7 Å². The zero-order chi connectivity index (χ0) is 23.4. The van der Waals surface area contributed by atoms with Gasteiger partial charge in [0.1, 0.15) is 16.6 Å². The lowest BCUT2D eigenvalue weighted by molar-refractivity contribution is 0.0525. The van der Waals surface area contributed by atoms with Gasteiger partial charge in [-0.15, -0.1) is 11.3 Å². The Morgan fingerprint density at radius 3 is 2.76 bits per heavy atom. The molecule has 0 aliphatic carbocycles. The van der Waals surface area contributed by atoms with Crippen LogP contribution in [-0.4, -0.2) is 27.5 Å². The van der Waals surface area contributed by atoms with Crippen LogP contribution in [0.5, 0.6) is 0 Å². The minimum Gasteiger partial charge on any atom is -0.462 e. The van der Waals surface area contributed by atoms with Gasteiger partial charge in [-0.3, -0.25) is 4.79 Å². The quantitative estimate of drug-likeness (QED) is 0.382. The van der Waals surface area contributed by atoms with Crippen LogP contribution in [0.2, 0.25) is 0 Å². The summed E-state index contributed by atoms with van der Waals surface area (Å²) >= 11 is 1.38. The van der Waals surface area contributed by atoms with E-state index in [0.29, 0.717) is 39.9 Å². The summed E-state index contributed by atoms with van der Waals surface area (Å²) in [6.07, 6.45) is 1.67. The van der Waals surface area contributed by atoms with Crippen molar-refractivity contribution >= 4 is 23.1 Å². The van der Waals surface area contributed by atoms with E-state index in [2.05, 4.69) is 20.3 Å². The molecule has 4 rings (SSSR count). The van der Waals surface area contributed by atoms with E-state index in [-0.39, 0.29) is 18.0 Å². The van der Waals surface area contributed by atoms with E-state index in [1.165, 1.54) is 29.5 Å². The zero-order valence-corrected chi connectivity index (χ0v) is 18.8. The maximum atomic E-state index is 13.1. The van der Waals surface area contributed by atoms with Crippen molar-refractivity contribution in [2.24, 2.45) is 0 Å². The summed E-state index contributed by atoms with van der Waals surface area (Å²) in [5.41, 5.74) is 2.96. The summed E-state index contributed by atoms with van der Waals surface area (Å²) in [7, 11) is 0. The molecule has 0 aliphatic rings. The molecule has 0 radical (unpaired) electrons. The van der Waals surface area contributed by atoms with Gasteiger partial charge in [0.05, 0.1) is 23.4 Å². The zero-order valence-electron chi connectivity index (χ0n) is 18.0. The number of H-pyrrole nitrogens is 1. The number of aromatic nitrogens is 3. The third kappa shape index (κ3) is 5.15. The Labute approximate surface area is 193 Å². The summed E-state index contributed by atoms with van der Waals surface area (Å²) in [5, 5.41) is 5.69. The number of benzene rings is 1. The molecule has 0 unspecified atom stereocenters. The van der Waals surface area contributed by atoms with Gasteiger partial charge in [0.2, 0.25) is 0 Å². The highest BCUT2D eigenvalue weighted by Gasteiger charge is 2.17. The number of hydrogen-bond donors (Lipinski definition) is 2. The maximum absolute atomic E-state index is 13.1. The van der Waals surface area contributed by atoms with Gasteiger partial charge in [-0.2, -0.15) is 0 Å². The molecule has 168 valence electrons. The summed E-state index contributed by atoms with van der Waals surface area (Å²) in [4.78, 5) is 36.4. The van der Waals surface area contributed by atoms with E-state index in [0.717, 1.165) is 11.1 Å². The van der Waals surface area contributed by atoms with Crippen LogP contribution in [0.4, 0.5) is 10.2 Å². The molecule has 0 amide bonds. The van der Waals surface area contributed by atoms with Gasteiger partial charge in [-0.25, -0.2) is 19.2 Å². The normalized spacial score (nSPS) is 10.8. The first kappa shape index (κ1) is 22.3. The van der Waals surface area contributed by atoms with Crippen LogP contribution in [0.15, 0.2) is 58.8 Å². The first-order chi connectivity index (χ1) is 15.9. The number of anilines is 1. The Bertz CT molecular complexity index is 1350. The number of nitrogens with one attached hydrogen (secondary N) is 2. The molecule has 0 bridgehead atoms. The van der Waals surface area contributed by atoms with Crippen LogP contribution >= 0.6 is 11.3 Å². The molecule has 3 aromatic heterocycles. The Balaban J connectivity index is 1.57. The Morgan fingerprint density at radius 2 is 2.00 bits per heavy atom.